The van der Waals surface area contributed by atoms with Gasteiger partial charge in [0.15, 0.2) is 0 Å². The molecule has 88 valence electrons. The minimum atomic E-state index is -0.200. The molecule has 0 aromatic carbocycles. The molecule has 0 aromatic heterocycles. The highest BCUT2D eigenvalue weighted by atomic mass is 16.3. The molecule has 7 aliphatic rings. The van der Waals surface area contributed by atoms with Gasteiger partial charge in [-0.25, -0.2) is 0 Å². The van der Waals surface area contributed by atoms with Gasteiger partial charge < -0.3 is 5.11 Å². The second-order valence-corrected chi connectivity index (χ2v) is 7.65. The van der Waals surface area contributed by atoms with E-state index in [0.29, 0.717) is 0 Å². The third-order valence-corrected chi connectivity index (χ3v) is 7.36. The molecule has 7 aliphatic carbocycles. The molecule has 4 unspecified atom stereocenters. The zero-order valence-electron chi connectivity index (χ0n) is 9.94. The summed E-state index contributed by atoms with van der Waals surface area (Å²) < 4.78 is 0. The molecule has 0 amide bonds. The summed E-state index contributed by atoms with van der Waals surface area (Å²) in [5, 5.41) is 11.2. The van der Waals surface area contributed by atoms with Crippen LogP contribution >= 0.6 is 0 Å². The lowest BCUT2D eigenvalue weighted by atomic mass is 9.40. The number of hydrogen-bond acceptors (Lipinski definition) is 1. The van der Waals surface area contributed by atoms with Crippen LogP contribution in [0.5, 0.6) is 0 Å². The molecule has 0 saturated heterocycles. The van der Waals surface area contributed by atoms with Crippen molar-refractivity contribution in [1.29, 1.82) is 0 Å². The second-order valence-electron chi connectivity index (χ2n) is 7.65. The van der Waals surface area contributed by atoms with E-state index in [1.807, 2.05) is 0 Å². The van der Waals surface area contributed by atoms with Crippen molar-refractivity contribution in [3.05, 3.63) is 0 Å². The Morgan fingerprint density at radius 1 is 0.750 bits per heavy atom. The molecule has 16 heavy (non-hydrogen) atoms. The maximum Gasteiger partial charge on any atom is 0.0709 e. The van der Waals surface area contributed by atoms with Crippen LogP contribution in [0.2, 0.25) is 0 Å². The molecule has 0 radical (unpaired) electrons. The van der Waals surface area contributed by atoms with E-state index < -0.39 is 0 Å². The van der Waals surface area contributed by atoms with E-state index in [4.69, 9.17) is 0 Å². The SMILES string of the molecule is OC12CCC3CC4C5CC(CC41)CC2C5C3. The summed E-state index contributed by atoms with van der Waals surface area (Å²) in [7, 11) is 0. The molecule has 1 heteroatoms. The average molecular weight is 218 g/mol. The first-order chi connectivity index (χ1) is 7.75. The topological polar surface area (TPSA) is 20.2 Å². The van der Waals surface area contributed by atoms with Crippen LogP contribution in [0.15, 0.2) is 0 Å². The van der Waals surface area contributed by atoms with Gasteiger partial charge in [0.1, 0.15) is 0 Å². The predicted molar refractivity (Wildman–Crippen MR) is 61.7 cm³/mol. The summed E-state index contributed by atoms with van der Waals surface area (Å²) in [5.41, 5.74) is -0.200. The fourth-order valence-corrected chi connectivity index (χ4v) is 7.02. The number of hydrogen-bond donors (Lipinski definition) is 1. The van der Waals surface area contributed by atoms with Crippen LogP contribution in [0, 0.1) is 41.4 Å². The van der Waals surface area contributed by atoms with Crippen LogP contribution in [0.1, 0.15) is 44.9 Å². The molecule has 7 rings (SSSR count). The highest BCUT2D eigenvalue weighted by molar-refractivity contribution is 5.16. The van der Waals surface area contributed by atoms with Crippen molar-refractivity contribution in [1.82, 2.24) is 0 Å². The smallest absolute Gasteiger partial charge is 0.0709 e. The van der Waals surface area contributed by atoms with Gasteiger partial charge in [0.25, 0.3) is 0 Å². The summed E-state index contributed by atoms with van der Waals surface area (Å²) in [4.78, 5) is 0. The molecule has 7 fully saturated rings. The summed E-state index contributed by atoms with van der Waals surface area (Å²) in [6, 6.07) is 0. The van der Waals surface area contributed by atoms with E-state index in [1.54, 1.807) is 0 Å². The van der Waals surface area contributed by atoms with Gasteiger partial charge in [-0.3, -0.25) is 0 Å². The molecule has 7 saturated carbocycles. The van der Waals surface area contributed by atoms with Gasteiger partial charge in [-0.1, -0.05) is 0 Å². The molecule has 4 atom stereocenters. The van der Waals surface area contributed by atoms with E-state index >= 15 is 0 Å². The Balaban J connectivity index is 1.73. The van der Waals surface area contributed by atoms with Gasteiger partial charge >= 0.3 is 0 Å². The molecule has 1 nitrogen and oxygen atoms in total. The summed E-state index contributed by atoms with van der Waals surface area (Å²) in [5.74, 6) is 6.34. The molecule has 0 spiro atoms. The Hall–Kier alpha value is -0.0400. The number of rotatable bonds is 0. The second kappa shape index (κ2) is 2.53. The fourth-order valence-electron chi connectivity index (χ4n) is 7.02. The first-order valence-corrected chi connectivity index (χ1v) is 7.48. The largest absolute Gasteiger partial charge is 0.389 e. The van der Waals surface area contributed by atoms with Gasteiger partial charge in [-0.05, 0) is 86.4 Å². The highest BCUT2D eigenvalue weighted by Gasteiger charge is 2.67. The van der Waals surface area contributed by atoms with Crippen molar-refractivity contribution in [3.8, 4) is 0 Å². The molecule has 0 heterocycles. The maximum absolute atomic E-state index is 11.2. The Morgan fingerprint density at radius 2 is 1.38 bits per heavy atom. The molecule has 1 N–H and O–H groups in total. The van der Waals surface area contributed by atoms with Crippen molar-refractivity contribution in [2.75, 3.05) is 0 Å². The Morgan fingerprint density at radius 3 is 2.06 bits per heavy atom. The summed E-state index contributed by atoms with van der Waals surface area (Å²) >= 11 is 0. The first kappa shape index (κ1) is 8.97. The van der Waals surface area contributed by atoms with Crippen LogP contribution in [0.25, 0.3) is 0 Å². The lowest BCUT2D eigenvalue weighted by molar-refractivity contribution is -0.234. The third kappa shape index (κ3) is 0.805. The molecular formula is C15H22O. The number of fused-ring (bicyclic) bond motifs is 1. The van der Waals surface area contributed by atoms with Crippen molar-refractivity contribution in [2.45, 2.75) is 50.5 Å². The first-order valence-electron chi connectivity index (χ1n) is 7.48. The predicted octanol–water partition coefficient (Wildman–Crippen LogP) is 2.83. The summed E-state index contributed by atoms with van der Waals surface area (Å²) in [6.07, 6.45) is 9.75. The van der Waals surface area contributed by atoms with Crippen molar-refractivity contribution >= 4 is 0 Å². The van der Waals surface area contributed by atoms with Crippen LogP contribution in [0.4, 0.5) is 0 Å². The standard InChI is InChI=1S/C15H22O/c16-15-2-1-8-3-11-10-5-9(6-13(11)15)7-14(15)12(10)4-8/h8-14,16H,1-7H2. The van der Waals surface area contributed by atoms with E-state index in [0.717, 1.165) is 47.8 Å². The van der Waals surface area contributed by atoms with Gasteiger partial charge in [0, 0.05) is 0 Å². The van der Waals surface area contributed by atoms with Gasteiger partial charge in [0.05, 0.1) is 5.60 Å². The highest BCUT2D eigenvalue weighted by Crippen LogP contribution is 2.70. The van der Waals surface area contributed by atoms with Crippen LogP contribution in [-0.4, -0.2) is 10.7 Å². The van der Waals surface area contributed by atoms with Gasteiger partial charge in [-0.2, -0.15) is 0 Å². The van der Waals surface area contributed by atoms with Crippen molar-refractivity contribution in [2.24, 2.45) is 41.4 Å². The van der Waals surface area contributed by atoms with Crippen LogP contribution in [-0.2, 0) is 0 Å². The van der Waals surface area contributed by atoms with E-state index in [-0.39, 0.29) is 5.60 Å². The van der Waals surface area contributed by atoms with Crippen LogP contribution in [0.3, 0.4) is 0 Å². The quantitative estimate of drug-likeness (QED) is 0.663. The third-order valence-electron chi connectivity index (χ3n) is 7.36. The van der Waals surface area contributed by atoms with Crippen molar-refractivity contribution < 1.29 is 5.11 Å². The van der Waals surface area contributed by atoms with E-state index in [2.05, 4.69) is 0 Å². The zero-order valence-corrected chi connectivity index (χ0v) is 9.94. The zero-order chi connectivity index (χ0) is 10.5. The monoisotopic (exact) mass is 218 g/mol. The Labute approximate surface area is 97.6 Å². The Bertz CT molecular complexity index is 325. The molecule has 8 bridgehead atoms. The molecule has 0 aliphatic heterocycles. The Kier molecular flexibility index (Phi) is 1.42. The van der Waals surface area contributed by atoms with Crippen molar-refractivity contribution in [3.63, 3.8) is 0 Å². The summed E-state index contributed by atoms with van der Waals surface area (Å²) in [6.45, 7) is 0. The van der Waals surface area contributed by atoms with E-state index in [9.17, 15) is 5.11 Å². The molecular weight excluding hydrogens is 196 g/mol. The van der Waals surface area contributed by atoms with Gasteiger partial charge in [0.2, 0.25) is 0 Å². The van der Waals surface area contributed by atoms with E-state index in [1.165, 1.54) is 38.5 Å². The maximum atomic E-state index is 11.2. The van der Waals surface area contributed by atoms with Crippen LogP contribution < -0.4 is 0 Å². The lowest BCUT2D eigenvalue weighted by Crippen LogP contribution is -2.65. The minimum Gasteiger partial charge on any atom is -0.389 e. The number of aliphatic hydroxyl groups is 1. The normalized spacial score (nSPS) is 69.9. The average Bonchev–Trinajstić information content (AvgIpc) is 2.52. The van der Waals surface area contributed by atoms with Gasteiger partial charge in [-0.15, -0.1) is 0 Å². The fraction of sp³-hybridized carbons (Fsp3) is 1.00. The molecule has 0 aromatic rings. The minimum absolute atomic E-state index is 0.200. The lowest BCUT2D eigenvalue weighted by Gasteiger charge is -2.66.